The molecular formula is C10H19N5. The van der Waals surface area contributed by atoms with Crippen molar-refractivity contribution in [3.05, 3.63) is 5.82 Å². The molecule has 1 aliphatic heterocycles. The van der Waals surface area contributed by atoms with Crippen LogP contribution in [0.5, 0.6) is 0 Å². The van der Waals surface area contributed by atoms with Crippen LogP contribution >= 0.6 is 0 Å². The standard InChI is InChI=1S/C10H19N5/c1-7-4-5-12-8(6-7)9-13-14-10(11-2)15(9)3/h7-8,12H,4-6H2,1-3H3,(H,11,14). The summed E-state index contributed by atoms with van der Waals surface area (Å²) in [5, 5.41) is 14.8. The summed E-state index contributed by atoms with van der Waals surface area (Å²) in [6.07, 6.45) is 2.41. The Balaban J connectivity index is 2.17. The zero-order chi connectivity index (χ0) is 10.8. The van der Waals surface area contributed by atoms with Crippen LogP contribution in [0, 0.1) is 5.92 Å². The highest BCUT2D eigenvalue weighted by atomic mass is 15.3. The lowest BCUT2D eigenvalue weighted by atomic mass is 9.94. The number of nitrogens with zero attached hydrogens (tertiary/aromatic N) is 3. The summed E-state index contributed by atoms with van der Waals surface area (Å²) < 4.78 is 2.02. The Morgan fingerprint density at radius 1 is 1.47 bits per heavy atom. The molecule has 2 N–H and O–H groups in total. The topological polar surface area (TPSA) is 54.8 Å². The highest BCUT2D eigenvalue weighted by Gasteiger charge is 2.24. The minimum absolute atomic E-state index is 0.355. The third-order valence-electron chi connectivity index (χ3n) is 3.11. The van der Waals surface area contributed by atoms with Crippen molar-refractivity contribution in [3.8, 4) is 0 Å². The molecule has 1 saturated heterocycles. The average molecular weight is 209 g/mol. The van der Waals surface area contributed by atoms with Crippen LogP contribution in [0.2, 0.25) is 0 Å². The fraction of sp³-hybridized carbons (Fsp3) is 0.800. The summed E-state index contributed by atoms with van der Waals surface area (Å²) in [5.41, 5.74) is 0. The number of nitrogens with one attached hydrogen (secondary N) is 2. The van der Waals surface area contributed by atoms with Gasteiger partial charge in [-0.1, -0.05) is 6.92 Å². The molecule has 0 spiro atoms. The molecule has 2 rings (SSSR count). The molecule has 15 heavy (non-hydrogen) atoms. The molecule has 5 heteroatoms. The molecule has 1 aromatic heterocycles. The van der Waals surface area contributed by atoms with E-state index in [0.717, 1.165) is 30.7 Å². The molecule has 2 unspecified atom stereocenters. The van der Waals surface area contributed by atoms with Gasteiger partial charge in [-0.05, 0) is 25.3 Å². The second kappa shape index (κ2) is 4.18. The largest absolute Gasteiger partial charge is 0.357 e. The third-order valence-corrected chi connectivity index (χ3v) is 3.11. The Morgan fingerprint density at radius 3 is 2.87 bits per heavy atom. The molecule has 1 aliphatic rings. The number of anilines is 1. The van der Waals surface area contributed by atoms with E-state index < -0.39 is 0 Å². The molecule has 1 aromatic rings. The maximum absolute atomic E-state index is 4.23. The van der Waals surface area contributed by atoms with Gasteiger partial charge in [0.25, 0.3) is 0 Å². The normalized spacial score (nSPS) is 26.6. The maximum Gasteiger partial charge on any atom is 0.224 e. The van der Waals surface area contributed by atoms with Crippen molar-refractivity contribution in [3.63, 3.8) is 0 Å². The summed E-state index contributed by atoms with van der Waals surface area (Å²) in [4.78, 5) is 0. The van der Waals surface area contributed by atoms with E-state index in [0.29, 0.717) is 6.04 Å². The van der Waals surface area contributed by atoms with Gasteiger partial charge in [0.05, 0.1) is 6.04 Å². The van der Waals surface area contributed by atoms with E-state index in [4.69, 9.17) is 0 Å². The van der Waals surface area contributed by atoms with Crippen molar-refractivity contribution in [2.75, 3.05) is 18.9 Å². The van der Waals surface area contributed by atoms with Gasteiger partial charge in [0.2, 0.25) is 5.95 Å². The molecule has 0 saturated carbocycles. The van der Waals surface area contributed by atoms with Gasteiger partial charge in [0.1, 0.15) is 0 Å². The molecule has 2 atom stereocenters. The van der Waals surface area contributed by atoms with Crippen molar-refractivity contribution in [1.29, 1.82) is 0 Å². The fourth-order valence-electron chi connectivity index (χ4n) is 2.17. The second-order valence-electron chi connectivity index (χ2n) is 4.33. The van der Waals surface area contributed by atoms with Crippen LogP contribution in [-0.4, -0.2) is 28.4 Å². The fourth-order valence-corrected chi connectivity index (χ4v) is 2.17. The van der Waals surface area contributed by atoms with Crippen molar-refractivity contribution in [1.82, 2.24) is 20.1 Å². The molecule has 0 aliphatic carbocycles. The molecular weight excluding hydrogens is 190 g/mol. The zero-order valence-corrected chi connectivity index (χ0v) is 9.62. The Bertz CT molecular complexity index is 333. The Labute approximate surface area is 90.3 Å². The first-order valence-corrected chi connectivity index (χ1v) is 5.52. The quantitative estimate of drug-likeness (QED) is 0.760. The van der Waals surface area contributed by atoms with Gasteiger partial charge in [-0.2, -0.15) is 0 Å². The van der Waals surface area contributed by atoms with Gasteiger partial charge < -0.3 is 10.6 Å². The Hall–Kier alpha value is -1.10. The first kappa shape index (κ1) is 10.4. The molecule has 0 aromatic carbocycles. The van der Waals surface area contributed by atoms with Gasteiger partial charge in [0, 0.05) is 14.1 Å². The van der Waals surface area contributed by atoms with E-state index in [2.05, 4.69) is 27.8 Å². The molecule has 2 heterocycles. The smallest absolute Gasteiger partial charge is 0.224 e. The summed E-state index contributed by atoms with van der Waals surface area (Å²) in [7, 11) is 3.87. The molecule has 0 amide bonds. The molecule has 84 valence electrons. The Morgan fingerprint density at radius 2 is 2.27 bits per heavy atom. The van der Waals surface area contributed by atoms with Crippen LogP contribution < -0.4 is 10.6 Å². The van der Waals surface area contributed by atoms with Crippen LogP contribution in [0.4, 0.5) is 5.95 Å². The lowest BCUT2D eigenvalue weighted by Crippen LogP contribution is -2.32. The van der Waals surface area contributed by atoms with Crippen molar-refractivity contribution in [2.45, 2.75) is 25.8 Å². The number of aromatic nitrogens is 3. The van der Waals surface area contributed by atoms with Gasteiger partial charge in [0.15, 0.2) is 5.82 Å². The minimum Gasteiger partial charge on any atom is -0.357 e. The van der Waals surface area contributed by atoms with Gasteiger partial charge in [-0.25, -0.2) is 0 Å². The number of rotatable bonds is 2. The van der Waals surface area contributed by atoms with Crippen molar-refractivity contribution >= 4 is 5.95 Å². The van der Waals surface area contributed by atoms with E-state index in [1.165, 1.54) is 6.42 Å². The van der Waals surface area contributed by atoms with Gasteiger partial charge >= 0.3 is 0 Å². The third kappa shape index (κ3) is 1.97. The molecule has 1 fully saturated rings. The first-order chi connectivity index (χ1) is 7.22. The summed E-state index contributed by atoms with van der Waals surface area (Å²) >= 11 is 0. The van der Waals surface area contributed by atoms with Crippen LogP contribution in [0.25, 0.3) is 0 Å². The van der Waals surface area contributed by atoms with E-state index >= 15 is 0 Å². The van der Waals surface area contributed by atoms with Crippen LogP contribution in [0.15, 0.2) is 0 Å². The van der Waals surface area contributed by atoms with Crippen LogP contribution in [-0.2, 0) is 7.05 Å². The van der Waals surface area contributed by atoms with E-state index in [1.807, 2.05) is 18.7 Å². The zero-order valence-electron chi connectivity index (χ0n) is 9.62. The number of hydrogen-bond donors (Lipinski definition) is 2. The Kier molecular flexibility index (Phi) is 2.90. The second-order valence-corrected chi connectivity index (χ2v) is 4.33. The van der Waals surface area contributed by atoms with E-state index in [9.17, 15) is 0 Å². The summed E-state index contributed by atoms with van der Waals surface area (Å²) in [6.45, 7) is 3.37. The van der Waals surface area contributed by atoms with E-state index in [1.54, 1.807) is 0 Å². The predicted octanol–water partition coefficient (Wildman–Crippen LogP) is 0.917. The first-order valence-electron chi connectivity index (χ1n) is 5.52. The lowest BCUT2D eigenvalue weighted by molar-refractivity contribution is 0.311. The lowest BCUT2D eigenvalue weighted by Gasteiger charge is -2.27. The highest BCUT2D eigenvalue weighted by Crippen LogP contribution is 2.26. The average Bonchev–Trinajstić information content (AvgIpc) is 2.59. The monoisotopic (exact) mass is 209 g/mol. The van der Waals surface area contributed by atoms with Gasteiger partial charge in [-0.15, -0.1) is 10.2 Å². The van der Waals surface area contributed by atoms with Crippen LogP contribution in [0.3, 0.4) is 0 Å². The predicted molar refractivity (Wildman–Crippen MR) is 59.7 cm³/mol. The highest BCUT2D eigenvalue weighted by molar-refractivity contribution is 5.24. The van der Waals surface area contributed by atoms with Crippen molar-refractivity contribution in [2.24, 2.45) is 13.0 Å². The van der Waals surface area contributed by atoms with Crippen molar-refractivity contribution < 1.29 is 0 Å². The number of hydrogen-bond acceptors (Lipinski definition) is 4. The maximum atomic E-state index is 4.23. The molecule has 0 radical (unpaired) electrons. The minimum atomic E-state index is 0.355. The van der Waals surface area contributed by atoms with Crippen LogP contribution in [0.1, 0.15) is 31.6 Å². The summed E-state index contributed by atoms with van der Waals surface area (Å²) in [6, 6.07) is 0.355. The SMILES string of the molecule is CNc1nnc(C2CC(C)CCN2)n1C. The van der Waals surface area contributed by atoms with E-state index in [-0.39, 0.29) is 0 Å². The molecule has 5 nitrogen and oxygen atoms in total. The van der Waals surface area contributed by atoms with Gasteiger partial charge in [-0.3, -0.25) is 4.57 Å². The molecule has 0 bridgehead atoms. The summed E-state index contributed by atoms with van der Waals surface area (Å²) in [5.74, 6) is 2.63. The number of piperidine rings is 1.